The Morgan fingerprint density at radius 1 is 1.35 bits per heavy atom. The maximum absolute atomic E-state index is 12.2. The molecule has 0 aliphatic heterocycles. The summed E-state index contributed by atoms with van der Waals surface area (Å²) in [5, 5.41) is 6.94. The summed E-state index contributed by atoms with van der Waals surface area (Å²) in [6.07, 6.45) is 1.42. The molecular weight excluding hydrogens is 282 g/mol. The molecule has 2 rings (SSSR count). The first-order valence-corrected chi connectivity index (χ1v) is 6.15. The number of methoxy groups -OCH3 is 2. The van der Waals surface area contributed by atoms with Crippen molar-refractivity contribution in [3.05, 3.63) is 35.1 Å². The molecule has 2 aromatic rings. The largest absolute Gasteiger partial charge is 0.497 e. The molecule has 1 heterocycles. The number of nitrogens with one attached hydrogen (secondary N) is 1. The van der Waals surface area contributed by atoms with Gasteiger partial charge in [-0.25, -0.2) is 0 Å². The second-order valence-corrected chi connectivity index (χ2v) is 4.39. The van der Waals surface area contributed by atoms with Crippen LogP contribution in [0.1, 0.15) is 10.5 Å². The third kappa shape index (κ3) is 2.70. The number of aromatic nitrogens is 2. The van der Waals surface area contributed by atoms with Crippen LogP contribution in [-0.4, -0.2) is 29.9 Å². The van der Waals surface area contributed by atoms with E-state index in [9.17, 15) is 4.79 Å². The average Bonchev–Trinajstić information content (AvgIpc) is 2.78. The summed E-state index contributed by atoms with van der Waals surface area (Å²) in [6.45, 7) is 0. The smallest absolute Gasteiger partial charge is 0.275 e. The Morgan fingerprint density at radius 3 is 2.65 bits per heavy atom. The Hall–Kier alpha value is -2.21. The molecule has 0 unspecified atom stereocenters. The molecule has 0 fully saturated rings. The lowest BCUT2D eigenvalue weighted by Gasteiger charge is -2.12. The van der Waals surface area contributed by atoms with Crippen LogP contribution in [0, 0.1) is 0 Å². The maximum atomic E-state index is 12.2. The number of hydrogen-bond acceptors (Lipinski definition) is 4. The van der Waals surface area contributed by atoms with E-state index in [4.69, 9.17) is 21.1 Å². The summed E-state index contributed by atoms with van der Waals surface area (Å²) in [5.74, 6) is 0.760. The normalized spacial score (nSPS) is 10.2. The summed E-state index contributed by atoms with van der Waals surface area (Å²) in [7, 11) is 4.71. The lowest BCUT2D eigenvalue weighted by molar-refractivity contribution is 0.101. The fourth-order valence-corrected chi connectivity index (χ4v) is 2.01. The van der Waals surface area contributed by atoms with Crippen LogP contribution in [0.15, 0.2) is 24.4 Å². The van der Waals surface area contributed by atoms with Gasteiger partial charge in [0.25, 0.3) is 5.91 Å². The van der Waals surface area contributed by atoms with E-state index in [-0.39, 0.29) is 16.6 Å². The minimum Gasteiger partial charge on any atom is -0.497 e. The molecule has 1 N–H and O–H groups in total. The zero-order chi connectivity index (χ0) is 14.7. The van der Waals surface area contributed by atoms with E-state index in [1.165, 1.54) is 18.0 Å². The van der Waals surface area contributed by atoms with Crippen molar-refractivity contribution in [2.75, 3.05) is 19.5 Å². The molecule has 7 heteroatoms. The molecule has 0 saturated carbocycles. The van der Waals surface area contributed by atoms with E-state index < -0.39 is 0 Å². The van der Waals surface area contributed by atoms with E-state index in [2.05, 4.69) is 10.4 Å². The molecule has 6 nitrogen and oxygen atoms in total. The number of ether oxygens (including phenoxy) is 2. The first-order valence-electron chi connectivity index (χ1n) is 5.77. The molecule has 0 bridgehead atoms. The first-order chi connectivity index (χ1) is 9.56. The predicted molar refractivity (Wildman–Crippen MR) is 75.7 cm³/mol. The molecule has 1 aromatic carbocycles. The van der Waals surface area contributed by atoms with Crippen LogP contribution in [0.5, 0.6) is 11.5 Å². The van der Waals surface area contributed by atoms with E-state index in [1.54, 1.807) is 32.4 Å². The van der Waals surface area contributed by atoms with Crippen molar-refractivity contribution < 1.29 is 14.3 Å². The molecule has 0 spiro atoms. The lowest BCUT2D eigenvalue weighted by atomic mass is 10.2. The minimum absolute atomic E-state index is 0.275. The zero-order valence-corrected chi connectivity index (χ0v) is 12.1. The van der Waals surface area contributed by atoms with E-state index in [0.717, 1.165) is 0 Å². The third-order valence-electron chi connectivity index (χ3n) is 2.76. The molecule has 0 radical (unpaired) electrons. The van der Waals surface area contributed by atoms with Crippen LogP contribution in [0.25, 0.3) is 0 Å². The van der Waals surface area contributed by atoms with Crippen molar-refractivity contribution in [3.8, 4) is 11.5 Å². The molecule has 0 atom stereocenters. The highest BCUT2D eigenvalue weighted by Crippen LogP contribution is 2.29. The number of hydrogen-bond donors (Lipinski definition) is 1. The zero-order valence-electron chi connectivity index (χ0n) is 11.3. The predicted octanol–water partition coefficient (Wildman–Crippen LogP) is 2.34. The second kappa shape index (κ2) is 5.83. The first kappa shape index (κ1) is 14.2. The van der Waals surface area contributed by atoms with Gasteiger partial charge in [0.05, 0.1) is 31.1 Å². The van der Waals surface area contributed by atoms with Crippen molar-refractivity contribution in [2.45, 2.75) is 0 Å². The monoisotopic (exact) mass is 295 g/mol. The molecule has 1 aromatic heterocycles. The standard InChI is InChI=1S/C13H14ClN3O3/c1-17-12(9(14)7-15-17)13(18)16-10-6-8(19-2)4-5-11(10)20-3/h4-7H,1-3H3,(H,16,18). The van der Waals surface area contributed by atoms with Gasteiger partial charge in [0.15, 0.2) is 0 Å². The summed E-state index contributed by atoms with van der Waals surface area (Å²) in [5.41, 5.74) is 0.769. The topological polar surface area (TPSA) is 65.4 Å². The number of nitrogens with zero attached hydrogens (tertiary/aromatic N) is 2. The summed E-state index contributed by atoms with van der Waals surface area (Å²) in [4.78, 5) is 12.2. The van der Waals surface area contributed by atoms with Crippen LogP contribution >= 0.6 is 11.6 Å². The number of anilines is 1. The number of halogens is 1. The molecule has 0 aliphatic carbocycles. The van der Waals surface area contributed by atoms with Gasteiger partial charge in [-0.3, -0.25) is 9.48 Å². The quantitative estimate of drug-likeness (QED) is 0.940. The minimum atomic E-state index is -0.374. The third-order valence-corrected chi connectivity index (χ3v) is 3.04. The van der Waals surface area contributed by atoms with Crippen molar-refractivity contribution in [1.82, 2.24) is 9.78 Å². The second-order valence-electron chi connectivity index (χ2n) is 3.99. The fourth-order valence-electron chi connectivity index (χ4n) is 1.76. The van der Waals surface area contributed by atoms with Crippen molar-refractivity contribution in [1.29, 1.82) is 0 Å². The number of carbonyl (C=O) groups is 1. The number of amides is 1. The number of benzene rings is 1. The van der Waals surface area contributed by atoms with Gasteiger partial charge in [0.2, 0.25) is 0 Å². The number of rotatable bonds is 4. The summed E-state index contributed by atoms with van der Waals surface area (Å²) >= 11 is 5.94. The number of carbonyl (C=O) groups excluding carboxylic acids is 1. The SMILES string of the molecule is COc1ccc(OC)c(NC(=O)c2c(Cl)cnn2C)c1. The van der Waals surface area contributed by atoms with Crippen molar-refractivity contribution in [3.63, 3.8) is 0 Å². The number of aryl methyl sites for hydroxylation is 1. The lowest BCUT2D eigenvalue weighted by Crippen LogP contribution is -2.17. The van der Waals surface area contributed by atoms with Crippen LogP contribution in [0.4, 0.5) is 5.69 Å². The van der Waals surface area contributed by atoms with Crippen LogP contribution in [0.3, 0.4) is 0 Å². The van der Waals surface area contributed by atoms with Crippen molar-refractivity contribution in [2.24, 2.45) is 7.05 Å². The Labute approximate surface area is 121 Å². The van der Waals surface area contributed by atoms with Crippen LogP contribution in [-0.2, 0) is 7.05 Å². The average molecular weight is 296 g/mol. The molecule has 0 aliphatic rings. The van der Waals surface area contributed by atoms with Gasteiger partial charge < -0.3 is 14.8 Å². The van der Waals surface area contributed by atoms with Gasteiger partial charge in [-0.05, 0) is 12.1 Å². The van der Waals surface area contributed by atoms with Gasteiger partial charge in [0, 0.05) is 13.1 Å². The Morgan fingerprint density at radius 2 is 2.10 bits per heavy atom. The highest BCUT2D eigenvalue weighted by Gasteiger charge is 2.17. The van der Waals surface area contributed by atoms with E-state index in [1.807, 2.05) is 0 Å². The van der Waals surface area contributed by atoms with Gasteiger partial charge in [-0.1, -0.05) is 11.6 Å². The molecule has 20 heavy (non-hydrogen) atoms. The van der Waals surface area contributed by atoms with E-state index >= 15 is 0 Å². The maximum Gasteiger partial charge on any atom is 0.275 e. The summed E-state index contributed by atoms with van der Waals surface area (Å²) < 4.78 is 11.7. The van der Waals surface area contributed by atoms with Crippen LogP contribution < -0.4 is 14.8 Å². The highest BCUT2D eigenvalue weighted by atomic mass is 35.5. The van der Waals surface area contributed by atoms with Crippen LogP contribution in [0.2, 0.25) is 5.02 Å². The molecule has 0 saturated heterocycles. The Balaban J connectivity index is 2.32. The highest BCUT2D eigenvalue weighted by molar-refractivity contribution is 6.34. The van der Waals surface area contributed by atoms with Gasteiger partial charge in [-0.2, -0.15) is 5.10 Å². The van der Waals surface area contributed by atoms with E-state index in [0.29, 0.717) is 17.2 Å². The van der Waals surface area contributed by atoms with Gasteiger partial charge in [-0.15, -0.1) is 0 Å². The fraction of sp³-hybridized carbons (Fsp3) is 0.231. The van der Waals surface area contributed by atoms with Gasteiger partial charge in [0.1, 0.15) is 17.2 Å². The summed E-state index contributed by atoms with van der Waals surface area (Å²) in [6, 6.07) is 5.12. The molecular formula is C13H14ClN3O3. The van der Waals surface area contributed by atoms with Gasteiger partial charge >= 0.3 is 0 Å². The molecule has 106 valence electrons. The molecule has 1 amide bonds. The Kier molecular flexibility index (Phi) is 4.14. The van der Waals surface area contributed by atoms with Crippen molar-refractivity contribution >= 4 is 23.2 Å². The Bertz CT molecular complexity index is 620.